The van der Waals surface area contributed by atoms with Crippen LogP contribution in [0.15, 0.2) is 48.5 Å². The fourth-order valence-electron chi connectivity index (χ4n) is 4.29. The predicted octanol–water partition coefficient (Wildman–Crippen LogP) is 2.14. The van der Waals surface area contributed by atoms with E-state index >= 15 is 0 Å². The topological polar surface area (TPSA) is 123 Å². The molecule has 0 bridgehead atoms. The largest absolute Gasteiger partial charge is 0.327 e. The van der Waals surface area contributed by atoms with Crippen LogP contribution in [0.1, 0.15) is 18.7 Å². The van der Waals surface area contributed by atoms with Gasteiger partial charge in [-0.1, -0.05) is 18.2 Å². The number of fused-ring (bicyclic) bond motifs is 1. The molecule has 4 rings (SSSR count). The second-order valence-corrected chi connectivity index (χ2v) is 9.72. The van der Waals surface area contributed by atoms with Gasteiger partial charge in [-0.3, -0.25) is 29.9 Å². The van der Waals surface area contributed by atoms with Gasteiger partial charge in [0.15, 0.2) is 0 Å². The van der Waals surface area contributed by atoms with Crippen LogP contribution in [0.3, 0.4) is 0 Å². The van der Waals surface area contributed by atoms with Crippen molar-refractivity contribution in [2.24, 2.45) is 5.92 Å². The number of hydrogen-bond acceptors (Lipinski definition) is 7. The van der Waals surface area contributed by atoms with E-state index in [1.54, 1.807) is 49.5 Å². The molecule has 2 aliphatic heterocycles. The van der Waals surface area contributed by atoms with E-state index < -0.39 is 35.5 Å². The van der Waals surface area contributed by atoms with Crippen molar-refractivity contribution in [3.8, 4) is 0 Å². The highest BCUT2D eigenvalue weighted by Gasteiger charge is 2.51. The molecule has 2 saturated heterocycles. The second kappa shape index (κ2) is 10.6. The molecule has 4 atom stereocenters. The number of halogens is 1. The molecule has 36 heavy (non-hydrogen) atoms. The van der Waals surface area contributed by atoms with Crippen LogP contribution in [0.4, 0.5) is 20.6 Å². The van der Waals surface area contributed by atoms with Gasteiger partial charge in [0.25, 0.3) is 0 Å². The highest BCUT2D eigenvalue weighted by molar-refractivity contribution is 8.00. The first-order valence-corrected chi connectivity index (χ1v) is 12.3. The number of urea groups is 1. The lowest BCUT2D eigenvalue weighted by Gasteiger charge is -2.50. The maximum Gasteiger partial charge on any atom is 0.327 e. The predicted molar refractivity (Wildman–Crippen MR) is 134 cm³/mol. The summed E-state index contributed by atoms with van der Waals surface area (Å²) in [6, 6.07) is 12.5. The van der Waals surface area contributed by atoms with E-state index in [1.807, 2.05) is 0 Å². The summed E-state index contributed by atoms with van der Waals surface area (Å²) >= 11 is 1.21. The third kappa shape index (κ3) is 5.35. The van der Waals surface area contributed by atoms with Crippen LogP contribution < -0.4 is 21.3 Å². The lowest BCUT2D eigenvalue weighted by Crippen LogP contribution is -2.72. The number of amides is 5. The lowest BCUT2D eigenvalue weighted by atomic mass is 9.96. The van der Waals surface area contributed by atoms with Crippen molar-refractivity contribution in [1.29, 1.82) is 0 Å². The monoisotopic (exact) mass is 514 g/mol. The van der Waals surface area contributed by atoms with E-state index in [-0.39, 0.29) is 23.5 Å². The fraction of sp³-hybridized carbons (Fsp3) is 0.333. The molecule has 0 saturated carbocycles. The molecule has 5 amide bonds. The van der Waals surface area contributed by atoms with Gasteiger partial charge in [-0.15, -0.1) is 11.8 Å². The van der Waals surface area contributed by atoms with Crippen molar-refractivity contribution in [2.45, 2.75) is 24.6 Å². The van der Waals surface area contributed by atoms with E-state index in [4.69, 9.17) is 0 Å². The Balaban J connectivity index is 1.49. The number of imide groups is 1. The average molecular weight is 515 g/mol. The molecule has 2 aliphatic rings. The highest BCUT2D eigenvalue weighted by atomic mass is 32.2. The third-order valence-electron chi connectivity index (χ3n) is 6.06. The number of rotatable bonds is 6. The maximum atomic E-state index is 14.6. The smallest absolute Gasteiger partial charge is 0.326 e. The van der Waals surface area contributed by atoms with Crippen molar-refractivity contribution in [3.63, 3.8) is 0 Å². The van der Waals surface area contributed by atoms with Gasteiger partial charge in [-0.25, -0.2) is 9.18 Å². The van der Waals surface area contributed by atoms with Crippen LogP contribution in [0, 0.1) is 11.7 Å². The van der Waals surface area contributed by atoms with Gasteiger partial charge >= 0.3 is 6.03 Å². The van der Waals surface area contributed by atoms with Crippen LogP contribution >= 0.6 is 11.8 Å². The Labute approximate surface area is 212 Å². The molecule has 2 aromatic carbocycles. The normalized spacial score (nSPS) is 23.8. The Morgan fingerprint density at radius 3 is 2.28 bits per heavy atom. The zero-order chi connectivity index (χ0) is 26.0. The van der Waals surface area contributed by atoms with E-state index in [0.717, 1.165) is 4.90 Å². The van der Waals surface area contributed by atoms with Crippen molar-refractivity contribution >= 4 is 46.9 Å². The number of carbonyl (C=O) groups excluding carboxylic acids is 4. The molecule has 4 N–H and O–H groups in total. The fourth-order valence-corrected chi connectivity index (χ4v) is 5.40. The maximum absolute atomic E-state index is 14.6. The summed E-state index contributed by atoms with van der Waals surface area (Å²) in [6.07, 6.45) is -1.37. The zero-order valence-electron chi connectivity index (χ0n) is 19.9. The minimum absolute atomic E-state index is 0.00693. The van der Waals surface area contributed by atoms with Gasteiger partial charge in [0, 0.05) is 38.0 Å². The molecule has 10 nitrogen and oxygen atoms in total. The number of anilines is 2. The molecule has 0 aliphatic carbocycles. The zero-order valence-corrected chi connectivity index (χ0v) is 20.8. The van der Waals surface area contributed by atoms with Gasteiger partial charge in [0.1, 0.15) is 5.82 Å². The standard InChI is InChI=1S/C24H27FN6O4S/c1-13(32)26-14-8-10-15(11-9-14)27-18(33)12-36-22-19-21(30(2)24(35)31(3)23(19)34)28-20(29-22)16-6-4-5-7-17(16)25/h4-11,19-22,28-29H,12H2,1-3H3,(H,26,32)(H,27,33). The van der Waals surface area contributed by atoms with E-state index in [1.165, 1.54) is 36.7 Å². The Bertz CT molecular complexity index is 1180. The van der Waals surface area contributed by atoms with Crippen LogP contribution in [-0.4, -0.2) is 64.9 Å². The average Bonchev–Trinajstić information content (AvgIpc) is 2.85. The number of nitrogens with zero attached hydrogens (tertiary/aromatic N) is 2. The van der Waals surface area contributed by atoms with Crippen LogP contribution in [0.25, 0.3) is 0 Å². The van der Waals surface area contributed by atoms with Gasteiger partial charge in [0.2, 0.25) is 17.7 Å². The minimum atomic E-state index is -0.699. The quantitative estimate of drug-likeness (QED) is 0.466. The lowest BCUT2D eigenvalue weighted by molar-refractivity contribution is -0.140. The van der Waals surface area contributed by atoms with E-state index in [9.17, 15) is 23.6 Å². The second-order valence-electron chi connectivity index (χ2n) is 8.59. The SMILES string of the molecule is CC(=O)Nc1ccc(NC(=O)CSC2NC(c3ccccc3F)NC3C2C(=O)N(C)C(=O)N3C)cc1. The number of nitrogens with one attached hydrogen (secondary N) is 4. The van der Waals surface area contributed by atoms with Gasteiger partial charge in [0.05, 0.1) is 29.4 Å². The molecule has 0 spiro atoms. The van der Waals surface area contributed by atoms with Crippen LogP contribution in [0.2, 0.25) is 0 Å². The van der Waals surface area contributed by atoms with Crippen LogP contribution in [-0.2, 0) is 14.4 Å². The molecule has 2 heterocycles. The van der Waals surface area contributed by atoms with Crippen LogP contribution in [0.5, 0.6) is 0 Å². The summed E-state index contributed by atoms with van der Waals surface area (Å²) in [6.45, 7) is 1.41. The summed E-state index contributed by atoms with van der Waals surface area (Å²) in [5, 5.41) is 11.3. The summed E-state index contributed by atoms with van der Waals surface area (Å²) in [7, 11) is 3.00. The van der Waals surface area contributed by atoms with Gasteiger partial charge in [-0.05, 0) is 30.3 Å². The first kappa shape index (κ1) is 25.6. The Morgan fingerprint density at radius 1 is 1.00 bits per heavy atom. The molecule has 4 unspecified atom stereocenters. The Hall–Kier alpha value is -3.48. The van der Waals surface area contributed by atoms with Crippen molar-refractivity contribution in [1.82, 2.24) is 20.4 Å². The van der Waals surface area contributed by atoms with Gasteiger partial charge in [-0.2, -0.15) is 0 Å². The van der Waals surface area contributed by atoms with Gasteiger partial charge < -0.3 is 15.5 Å². The molecule has 2 aromatic rings. The highest BCUT2D eigenvalue weighted by Crippen LogP contribution is 2.35. The molecule has 190 valence electrons. The number of hydrogen-bond donors (Lipinski definition) is 4. The molecule has 12 heteroatoms. The third-order valence-corrected chi connectivity index (χ3v) is 7.27. The van der Waals surface area contributed by atoms with E-state index in [0.29, 0.717) is 16.9 Å². The van der Waals surface area contributed by atoms with E-state index in [2.05, 4.69) is 21.3 Å². The molecule has 0 radical (unpaired) electrons. The summed E-state index contributed by atoms with van der Waals surface area (Å²) < 4.78 is 14.6. The minimum Gasteiger partial charge on any atom is -0.326 e. The number of thioether (sulfide) groups is 1. The number of carbonyl (C=O) groups is 4. The molecule has 0 aromatic heterocycles. The van der Waals surface area contributed by atoms with Crippen molar-refractivity contribution in [2.75, 3.05) is 30.5 Å². The summed E-state index contributed by atoms with van der Waals surface area (Å²) in [5.74, 6) is -2.00. The summed E-state index contributed by atoms with van der Waals surface area (Å²) in [5.41, 5.74) is 1.50. The molecule has 2 fully saturated rings. The summed E-state index contributed by atoms with van der Waals surface area (Å²) in [4.78, 5) is 51.9. The molecular weight excluding hydrogens is 487 g/mol. The van der Waals surface area contributed by atoms with Crippen molar-refractivity contribution < 1.29 is 23.6 Å². The number of benzene rings is 2. The first-order valence-electron chi connectivity index (χ1n) is 11.3. The Kier molecular flexibility index (Phi) is 7.57. The molecular formula is C24H27FN6O4S. The van der Waals surface area contributed by atoms with Crippen molar-refractivity contribution in [3.05, 3.63) is 59.9 Å². The Morgan fingerprint density at radius 2 is 1.64 bits per heavy atom. The first-order chi connectivity index (χ1) is 17.2.